The Morgan fingerprint density at radius 1 is 1.36 bits per heavy atom. The van der Waals surface area contributed by atoms with E-state index in [4.69, 9.17) is 9.57 Å². The van der Waals surface area contributed by atoms with E-state index in [1.54, 1.807) is 0 Å². The lowest BCUT2D eigenvalue weighted by molar-refractivity contribution is -0.123. The SMILES string of the molecule is CCC1NC(c2ccc3c(c2)CC[C@H]3NC(=O)C2COC(C)N2)NO1. The minimum Gasteiger partial charge on any atom is -0.361 e. The third-order valence-electron chi connectivity index (χ3n) is 5.21. The van der Waals surface area contributed by atoms with Crippen LogP contribution in [0.5, 0.6) is 0 Å². The molecule has 1 aliphatic carbocycles. The topological polar surface area (TPSA) is 83.7 Å². The fraction of sp³-hybridized carbons (Fsp3) is 0.611. The summed E-state index contributed by atoms with van der Waals surface area (Å²) in [6, 6.07) is 6.28. The second-order valence-electron chi connectivity index (χ2n) is 6.99. The summed E-state index contributed by atoms with van der Waals surface area (Å²) in [6.07, 6.45) is 2.84. The summed E-state index contributed by atoms with van der Waals surface area (Å²) in [5, 5.41) is 9.72. The maximum Gasteiger partial charge on any atom is 0.240 e. The van der Waals surface area contributed by atoms with Gasteiger partial charge < -0.3 is 10.1 Å². The predicted molar refractivity (Wildman–Crippen MR) is 92.2 cm³/mol. The quantitative estimate of drug-likeness (QED) is 0.651. The summed E-state index contributed by atoms with van der Waals surface area (Å²) in [7, 11) is 0. The van der Waals surface area contributed by atoms with Gasteiger partial charge in [0, 0.05) is 0 Å². The van der Waals surface area contributed by atoms with Crippen LogP contribution in [-0.2, 0) is 20.8 Å². The molecular formula is C18H26N4O3. The van der Waals surface area contributed by atoms with Crippen LogP contribution in [0.3, 0.4) is 0 Å². The molecule has 4 rings (SSSR count). The Labute approximate surface area is 147 Å². The fourth-order valence-electron chi connectivity index (χ4n) is 3.78. The van der Waals surface area contributed by atoms with E-state index in [-0.39, 0.29) is 36.6 Å². The zero-order valence-electron chi connectivity index (χ0n) is 14.7. The molecule has 2 heterocycles. The van der Waals surface area contributed by atoms with Gasteiger partial charge in [0.05, 0.1) is 12.6 Å². The van der Waals surface area contributed by atoms with E-state index >= 15 is 0 Å². The summed E-state index contributed by atoms with van der Waals surface area (Å²) in [5.74, 6) is 0.0181. The highest BCUT2D eigenvalue weighted by Crippen LogP contribution is 2.33. The number of rotatable bonds is 4. The third kappa shape index (κ3) is 3.43. The Morgan fingerprint density at radius 3 is 2.96 bits per heavy atom. The number of fused-ring (bicyclic) bond motifs is 1. The Kier molecular flexibility index (Phi) is 4.75. The zero-order valence-corrected chi connectivity index (χ0v) is 14.7. The second-order valence-corrected chi connectivity index (χ2v) is 6.99. The molecule has 3 aliphatic rings. The van der Waals surface area contributed by atoms with Crippen molar-refractivity contribution in [1.82, 2.24) is 21.4 Å². The highest BCUT2D eigenvalue weighted by atomic mass is 16.7. The van der Waals surface area contributed by atoms with Crippen LogP contribution < -0.4 is 21.4 Å². The van der Waals surface area contributed by atoms with Gasteiger partial charge in [0.2, 0.25) is 5.91 Å². The third-order valence-corrected chi connectivity index (χ3v) is 5.21. The number of hydrogen-bond acceptors (Lipinski definition) is 6. The summed E-state index contributed by atoms with van der Waals surface area (Å²) >= 11 is 0. The Balaban J connectivity index is 1.42. The molecule has 7 nitrogen and oxygen atoms in total. The minimum absolute atomic E-state index is 0.0181. The van der Waals surface area contributed by atoms with Crippen molar-refractivity contribution in [3.8, 4) is 0 Å². The first-order valence-electron chi connectivity index (χ1n) is 9.12. The first kappa shape index (κ1) is 16.9. The number of carbonyl (C=O) groups is 1. The van der Waals surface area contributed by atoms with Crippen LogP contribution in [0.4, 0.5) is 0 Å². The number of aryl methyl sites for hydroxylation is 1. The smallest absolute Gasteiger partial charge is 0.240 e. The molecule has 5 atom stereocenters. The van der Waals surface area contributed by atoms with Gasteiger partial charge in [-0.2, -0.15) is 5.48 Å². The summed E-state index contributed by atoms with van der Waals surface area (Å²) in [5.41, 5.74) is 6.73. The molecule has 4 unspecified atom stereocenters. The van der Waals surface area contributed by atoms with Crippen molar-refractivity contribution in [2.45, 2.75) is 63.8 Å². The van der Waals surface area contributed by atoms with E-state index in [1.807, 2.05) is 6.92 Å². The molecule has 2 saturated heterocycles. The number of hydroxylamine groups is 1. The monoisotopic (exact) mass is 346 g/mol. The molecule has 0 radical (unpaired) electrons. The summed E-state index contributed by atoms with van der Waals surface area (Å²) in [4.78, 5) is 17.9. The van der Waals surface area contributed by atoms with Crippen LogP contribution >= 0.6 is 0 Å². The molecule has 1 aromatic carbocycles. The van der Waals surface area contributed by atoms with Crippen LogP contribution in [0.25, 0.3) is 0 Å². The van der Waals surface area contributed by atoms with Crippen molar-refractivity contribution < 1.29 is 14.4 Å². The predicted octanol–water partition coefficient (Wildman–Crippen LogP) is 0.984. The second kappa shape index (κ2) is 7.01. The lowest BCUT2D eigenvalue weighted by Crippen LogP contribution is -2.44. The van der Waals surface area contributed by atoms with Crippen LogP contribution in [0.2, 0.25) is 0 Å². The molecular weight excluding hydrogens is 320 g/mol. The van der Waals surface area contributed by atoms with Crippen LogP contribution in [0, 0.1) is 0 Å². The van der Waals surface area contributed by atoms with E-state index < -0.39 is 0 Å². The van der Waals surface area contributed by atoms with Crippen molar-refractivity contribution in [3.05, 3.63) is 34.9 Å². The van der Waals surface area contributed by atoms with E-state index in [0.29, 0.717) is 6.61 Å². The molecule has 136 valence electrons. The maximum atomic E-state index is 12.4. The van der Waals surface area contributed by atoms with Crippen LogP contribution in [-0.4, -0.2) is 31.0 Å². The number of amides is 1. The molecule has 2 aliphatic heterocycles. The Hall–Kier alpha value is -1.51. The Morgan fingerprint density at radius 2 is 2.24 bits per heavy atom. The van der Waals surface area contributed by atoms with Gasteiger partial charge >= 0.3 is 0 Å². The highest BCUT2D eigenvalue weighted by molar-refractivity contribution is 5.82. The van der Waals surface area contributed by atoms with E-state index in [1.165, 1.54) is 16.7 Å². The number of benzene rings is 1. The van der Waals surface area contributed by atoms with Crippen LogP contribution in [0.1, 0.15) is 55.6 Å². The largest absolute Gasteiger partial charge is 0.361 e. The van der Waals surface area contributed by atoms with Gasteiger partial charge in [-0.3, -0.25) is 20.3 Å². The number of carbonyl (C=O) groups excluding carboxylic acids is 1. The first-order chi connectivity index (χ1) is 12.1. The van der Waals surface area contributed by atoms with Gasteiger partial charge in [-0.1, -0.05) is 25.1 Å². The maximum absolute atomic E-state index is 12.4. The van der Waals surface area contributed by atoms with Crippen molar-refractivity contribution in [2.24, 2.45) is 0 Å². The molecule has 0 saturated carbocycles. The van der Waals surface area contributed by atoms with Crippen molar-refractivity contribution >= 4 is 5.91 Å². The number of nitrogens with one attached hydrogen (secondary N) is 4. The summed E-state index contributed by atoms with van der Waals surface area (Å²) in [6.45, 7) is 4.43. The lowest BCUT2D eigenvalue weighted by Gasteiger charge is -2.18. The fourth-order valence-corrected chi connectivity index (χ4v) is 3.78. The molecule has 7 heteroatoms. The number of ether oxygens (including phenoxy) is 1. The zero-order chi connectivity index (χ0) is 17.4. The normalized spacial score (nSPS) is 34.2. The van der Waals surface area contributed by atoms with Crippen LogP contribution in [0.15, 0.2) is 18.2 Å². The van der Waals surface area contributed by atoms with E-state index in [0.717, 1.165) is 19.3 Å². The molecule has 1 amide bonds. The van der Waals surface area contributed by atoms with Gasteiger partial charge in [-0.15, -0.1) is 0 Å². The minimum atomic E-state index is -0.256. The van der Waals surface area contributed by atoms with Gasteiger partial charge in [0.25, 0.3) is 0 Å². The van der Waals surface area contributed by atoms with Crippen molar-refractivity contribution in [2.75, 3.05) is 6.61 Å². The number of hydrogen-bond donors (Lipinski definition) is 4. The van der Waals surface area contributed by atoms with E-state index in [9.17, 15) is 4.79 Å². The van der Waals surface area contributed by atoms with E-state index in [2.05, 4.69) is 46.6 Å². The lowest BCUT2D eigenvalue weighted by atomic mass is 10.0. The molecule has 0 bridgehead atoms. The van der Waals surface area contributed by atoms with Crippen molar-refractivity contribution in [3.63, 3.8) is 0 Å². The highest BCUT2D eigenvalue weighted by Gasteiger charge is 2.32. The molecule has 1 aromatic rings. The van der Waals surface area contributed by atoms with Gasteiger partial charge in [-0.05, 0) is 42.9 Å². The van der Waals surface area contributed by atoms with Gasteiger partial charge in [0.15, 0.2) is 0 Å². The van der Waals surface area contributed by atoms with Gasteiger partial charge in [0.1, 0.15) is 24.7 Å². The average molecular weight is 346 g/mol. The molecule has 0 spiro atoms. The molecule has 2 fully saturated rings. The van der Waals surface area contributed by atoms with Gasteiger partial charge in [-0.25, -0.2) is 0 Å². The Bertz CT molecular complexity index is 653. The molecule has 4 N–H and O–H groups in total. The molecule has 0 aromatic heterocycles. The summed E-state index contributed by atoms with van der Waals surface area (Å²) < 4.78 is 5.41. The van der Waals surface area contributed by atoms with Crippen molar-refractivity contribution in [1.29, 1.82) is 0 Å². The standard InChI is InChI=1S/C18H26N4O3/c1-3-16-21-17(22-25-16)12-4-6-13-11(8-12)5-7-14(13)20-18(23)15-9-24-10(2)19-15/h4,6,8,10,14-17,19,21-22H,3,5,7,9H2,1-2H3,(H,20,23)/t10?,14-,15?,16?,17?/m1/s1. The first-order valence-corrected chi connectivity index (χ1v) is 9.12. The molecule has 25 heavy (non-hydrogen) atoms. The average Bonchev–Trinajstić information content (AvgIpc) is 3.34.